The number of carbonyl (C=O) groups is 1. The van der Waals surface area contributed by atoms with Crippen molar-refractivity contribution in [1.82, 2.24) is 10.6 Å². The van der Waals surface area contributed by atoms with Gasteiger partial charge >= 0.3 is 0 Å². The van der Waals surface area contributed by atoms with E-state index < -0.39 is 4.92 Å². The second-order valence-corrected chi connectivity index (χ2v) is 3.17. The number of benzene rings is 1. The van der Waals surface area contributed by atoms with Gasteiger partial charge in [-0.1, -0.05) is 6.07 Å². The van der Waals surface area contributed by atoms with E-state index in [0.29, 0.717) is 18.7 Å². The molecule has 1 amide bonds. The third-order valence-corrected chi connectivity index (χ3v) is 1.98. The molecular formula is C10H14ClN3O3. The van der Waals surface area contributed by atoms with Gasteiger partial charge in [-0.3, -0.25) is 14.9 Å². The topological polar surface area (TPSA) is 84.3 Å². The van der Waals surface area contributed by atoms with Crippen molar-refractivity contribution in [3.63, 3.8) is 0 Å². The number of non-ortho nitro benzene ring substituents is 1. The minimum absolute atomic E-state index is 0. The van der Waals surface area contributed by atoms with Gasteiger partial charge in [0, 0.05) is 30.8 Å². The molecule has 94 valence electrons. The number of hydrogen-bond donors (Lipinski definition) is 2. The maximum atomic E-state index is 11.5. The summed E-state index contributed by atoms with van der Waals surface area (Å²) in [4.78, 5) is 21.5. The highest BCUT2D eigenvalue weighted by atomic mass is 35.5. The number of amides is 1. The van der Waals surface area contributed by atoms with Crippen LogP contribution >= 0.6 is 12.4 Å². The Kier molecular flexibility index (Phi) is 6.85. The number of hydrogen-bond acceptors (Lipinski definition) is 4. The van der Waals surface area contributed by atoms with Crippen LogP contribution < -0.4 is 10.6 Å². The van der Waals surface area contributed by atoms with Gasteiger partial charge in [-0.05, 0) is 13.1 Å². The van der Waals surface area contributed by atoms with E-state index in [4.69, 9.17) is 0 Å². The average Bonchev–Trinajstić information content (AvgIpc) is 2.29. The first kappa shape index (κ1) is 15.3. The molecule has 0 heterocycles. The summed E-state index contributed by atoms with van der Waals surface area (Å²) in [6.45, 7) is 1.14. The third-order valence-electron chi connectivity index (χ3n) is 1.98. The Morgan fingerprint density at radius 1 is 1.41 bits per heavy atom. The van der Waals surface area contributed by atoms with Crippen molar-refractivity contribution < 1.29 is 9.72 Å². The summed E-state index contributed by atoms with van der Waals surface area (Å²) in [6.07, 6.45) is 0. The molecule has 0 saturated heterocycles. The van der Waals surface area contributed by atoms with Gasteiger partial charge in [0.1, 0.15) is 0 Å². The van der Waals surface area contributed by atoms with Crippen molar-refractivity contribution in [2.75, 3.05) is 20.1 Å². The van der Waals surface area contributed by atoms with Gasteiger partial charge in [0.2, 0.25) is 0 Å². The van der Waals surface area contributed by atoms with Gasteiger partial charge in [0.15, 0.2) is 0 Å². The van der Waals surface area contributed by atoms with Crippen LogP contribution in [0.3, 0.4) is 0 Å². The molecule has 0 saturated carbocycles. The molecule has 6 nitrogen and oxygen atoms in total. The largest absolute Gasteiger partial charge is 0.351 e. The zero-order valence-corrected chi connectivity index (χ0v) is 10.1. The van der Waals surface area contributed by atoms with Gasteiger partial charge in [-0.15, -0.1) is 12.4 Å². The van der Waals surface area contributed by atoms with E-state index in [1.165, 1.54) is 18.2 Å². The van der Waals surface area contributed by atoms with Gasteiger partial charge in [-0.25, -0.2) is 0 Å². The Balaban J connectivity index is 0.00000256. The van der Waals surface area contributed by atoms with Gasteiger partial charge in [0.25, 0.3) is 11.6 Å². The lowest BCUT2D eigenvalue weighted by Crippen LogP contribution is -2.30. The monoisotopic (exact) mass is 259 g/mol. The molecule has 17 heavy (non-hydrogen) atoms. The summed E-state index contributed by atoms with van der Waals surface area (Å²) in [7, 11) is 1.78. The van der Waals surface area contributed by atoms with Crippen molar-refractivity contribution in [1.29, 1.82) is 0 Å². The number of carbonyl (C=O) groups excluding carboxylic acids is 1. The molecule has 0 unspecified atom stereocenters. The first-order valence-corrected chi connectivity index (χ1v) is 4.82. The summed E-state index contributed by atoms with van der Waals surface area (Å²) < 4.78 is 0. The van der Waals surface area contributed by atoms with E-state index in [9.17, 15) is 14.9 Å². The number of rotatable bonds is 5. The van der Waals surface area contributed by atoms with E-state index in [1.807, 2.05) is 0 Å². The van der Waals surface area contributed by atoms with Crippen LogP contribution in [0, 0.1) is 10.1 Å². The molecular weight excluding hydrogens is 246 g/mol. The minimum atomic E-state index is -0.523. The fourth-order valence-electron chi connectivity index (χ4n) is 1.16. The molecule has 0 aliphatic rings. The highest BCUT2D eigenvalue weighted by molar-refractivity contribution is 5.94. The van der Waals surface area contributed by atoms with Crippen LogP contribution in [0.4, 0.5) is 5.69 Å². The molecule has 0 aliphatic carbocycles. The van der Waals surface area contributed by atoms with Gasteiger partial charge in [-0.2, -0.15) is 0 Å². The summed E-state index contributed by atoms with van der Waals surface area (Å²) >= 11 is 0. The molecule has 1 aromatic carbocycles. The maximum absolute atomic E-state index is 11.5. The maximum Gasteiger partial charge on any atom is 0.270 e. The molecule has 1 aromatic rings. The van der Waals surface area contributed by atoms with Crippen LogP contribution in [-0.2, 0) is 0 Å². The Bertz CT molecular complexity index is 398. The molecule has 1 rings (SSSR count). The van der Waals surface area contributed by atoms with E-state index in [1.54, 1.807) is 13.1 Å². The summed E-state index contributed by atoms with van der Waals surface area (Å²) in [5.74, 6) is -0.307. The summed E-state index contributed by atoms with van der Waals surface area (Å²) in [5, 5.41) is 16.0. The molecule has 0 bridgehead atoms. The predicted octanol–water partition coefficient (Wildman–Crippen LogP) is 0.966. The Hall–Kier alpha value is -1.66. The first-order valence-electron chi connectivity index (χ1n) is 4.82. The second-order valence-electron chi connectivity index (χ2n) is 3.17. The molecule has 0 atom stereocenters. The zero-order valence-electron chi connectivity index (χ0n) is 9.30. The van der Waals surface area contributed by atoms with Crippen LogP contribution in [-0.4, -0.2) is 31.0 Å². The average molecular weight is 260 g/mol. The molecule has 0 spiro atoms. The molecule has 0 aliphatic heterocycles. The van der Waals surface area contributed by atoms with Gasteiger partial charge < -0.3 is 10.6 Å². The number of nitrogens with zero attached hydrogens (tertiary/aromatic N) is 1. The molecule has 7 heteroatoms. The second kappa shape index (κ2) is 7.59. The Morgan fingerprint density at radius 3 is 2.71 bits per heavy atom. The highest BCUT2D eigenvalue weighted by Crippen LogP contribution is 2.12. The van der Waals surface area contributed by atoms with Crippen molar-refractivity contribution in [2.24, 2.45) is 0 Å². The summed E-state index contributed by atoms with van der Waals surface area (Å²) in [5.41, 5.74) is 0.214. The smallest absolute Gasteiger partial charge is 0.270 e. The van der Waals surface area contributed by atoms with Crippen LogP contribution in [0.1, 0.15) is 10.4 Å². The minimum Gasteiger partial charge on any atom is -0.351 e. The highest BCUT2D eigenvalue weighted by Gasteiger charge is 2.10. The molecule has 0 aromatic heterocycles. The Morgan fingerprint density at radius 2 is 2.12 bits per heavy atom. The standard InChI is InChI=1S/C10H13N3O3.ClH/c1-11-5-6-12-10(14)8-3-2-4-9(7-8)13(15)16;/h2-4,7,11H,5-6H2,1H3,(H,12,14);1H. The van der Waals surface area contributed by atoms with Gasteiger partial charge in [0.05, 0.1) is 4.92 Å². The quantitative estimate of drug-likeness (QED) is 0.469. The third kappa shape index (κ3) is 4.80. The fourth-order valence-corrected chi connectivity index (χ4v) is 1.16. The van der Waals surface area contributed by atoms with Crippen molar-refractivity contribution in [3.05, 3.63) is 39.9 Å². The van der Waals surface area contributed by atoms with E-state index >= 15 is 0 Å². The van der Waals surface area contributed by atoms with Crippen molar-refractivity contribution >= 4 is 24.0 Å². The predicted molar refractivity (Wildman–Crippen MR) is 66.6 cm³/mol. The summed E-state index contributed by atoms with van der Waals surface area (Å²) in [6, 6.07) is 5.64. The van der Waals surface area contributed by atoms with E-state index in [2.05, 4.69) is 10.6 Å². The van der Waals surface area contributed by atoms with Crippen LogP contribution in [0.5, 0.6) is 0 Å². The SMILES string of the molecule is CNCCNC(=O)c1cccc([N+](=O)[O-])c1.Cl. The lowest BCUT2D eigenvalue weighted by Gasteiger charge is -2.04. The number of nitro groups is 1. The number of halogens is 1. The van der Waals surface area contributed by atoms with Crippen LogP contribution in [0.25, 0.3) is 0 Å². The Labute approximate surface area is 105 Å². The van der Waals surface area contributed by atoms with E-state index in [-0.39, 0.29) is 24.0 Å². The lowest BCUT2D eigenvalue weighted by molar-refractivity contribution is -0.384. The molecule has 2 N–H and O–H groups in total. The van der Waals surface area contributed by atoms with E-state index in [0.717, 1.165) is 0 Å². The first-order chi connectivity index (χ1) is 7.65. The number of likely N-dealkylation sites (N-methyl/N-ethyl adjacent to an activating group) is 1. The van der Waals surface area contributed by atoms with Crippen molar-refractivity contribution in [3.8, 4) is 0 Å². The number of nitrogens with one attached hydrogen (secondary N) is 2. The lowest BCUT2D eigenvalue weighted by atomic mass is 10.2. The molecule has 0 radical (unpaired) electrons. The van der Waals surface area contributed by atoms with Crippen molar-refractivity contribution in [2.45, 2.75) is 0 Å². The van der Waals surface area contributed by atoms with Crippen LogP contribution in [0.2, 0.25) is 0 Å². The van der Waals surface area contributed by atoms with Crippen LogP contribution in [0.15, 0.2) is 24.3 Å². The number of nitro benzene ring substituents is 1. The normalized spacial score (nSPS) is 9.24. The molecule has 0 fully saturated rings. The zero-order chi connectivity index (χ0) is 12.0. The fraction of sp³-hybridized carbons (Fsp3) is 0.300.